The molecule has 1 N–H and O–H groups in total. The van der Waals surface area contributed by atoms with E-state index in [1.54, 1.807) is 12.2 Å². The fourth-order valence-electron chi connectivity index (χ4n) is 1.97. The van der Waals surface area contributed by atoms with Crippen LogP contribution >= 0.6 is 0 Å². The molecule has 0 saturated carbocycles. The number of amides is 1. The predicted octanol–water partition coefficient (Wildman–Crippen LogP) is 3.96. The van der Waals surface area contributed by atoms with Crippen LogP contribution in [-0.4, -0.2) is 5.91 Å². The van der Waals surface area contributed by atoms with E-state index in [-0.39, 0.29) is 5.91 Å². The van der Waals surface area contributed by atoms with Gasteiger partial charge in [-0.25, -0.2) is 0 Å². The lowest BCUT2D eigenvalue weighted by Crippen LogP contribution is -2.07. The minimum absolute atomic E-state index is 0.117. The van der Waals surface area contributed by atoms with Crippen LogP contribution in [-0.2, 0) is 4.79 Å². The average molecular weight is 251 g/mol. The number of rotatable bonds is 3. The molecule has 2 rings (SSSR count). The van der Waals surface area contributed by atoms with Crippen LogP contribution in [0.2, 0.25) is 0 Å². The smallest absolute Gasteiger partial charge is 0.248 e. The van der Waals surface area contributed by atoms with Crippen molar-refractivity contribution in [3.05, 3.63) is 71.3 Å². The second-order valence-corrected chi connectivity index (χ2v) is 4.61. The summed E-state index contributed by atoms with van der Waals surface area (Å²) in [5.74, 6) is -0.117. The van der Waals surface area contributed by atoms with Crippen molar-refractivity contribution >= 4 is 17.7 Å². The van der Waals surface area contributed by atoms with Gasteiger partial charge in [0.25, 0.3) is 0 Å². The van der Waals surface area contributed by atoms with Gasteiger partial charge in [0, 0.05) is 11.8 Å². The van der Waals surface area contributed by atoms with Crippen molar-refractivity contribution in [2.24, 2.45) is 0 Å². The second kappa shape index (κ2) is 6.01. The molecule has 0 aliphatic rings. The Kier molecular flexibility index (Phi) is 4.14. The van der Waals surface area contributed by atoms with E-state index in [2.05, 4.69) is 11.4 Å². The normalized spacial score (nSPS) is 10.6. The third kappa shape index (κ3) is 4.11. The van der Waals surface area contributed by atoms with E-state index in [1.807, 2.05) is 56.3 Å². The Labute approximate surface area is 113 Å². The number of anilines is 1. The van der Waals surface area contributed by atoms with Crippen LogP contribution in [0.4, 0.5) is 5.69 Å². The fourth-order valence-corrected chi connectivity index (χ4v) is 1.97. The molecular weight excluding hydrogens is 234 g/mol. The van der Waals surface area contributed by atoms with E-state index in [9.17, 15) is 4.79 Å². The highest BCUT2D eigenvalue weighted by Gasteiger charge is 1.99. The quantitative estimate of drug-likeness (QED) is 0.822. The molecular formula is C17H17NO. The van der Waals surface area contributed by atoms with Crippen LogP contribution in [0, 0.1) is 13.8 Å². The van der Waals surface area contributed by atoms with Crippen LogP contribution in [0.5, 0.6) is 0 Å². The second-order valence-electron chi connectivity index (χ2n) is 4.61. The maximum atomic E-state index is 11.8. The molecule has 0 saturated heterocycles. The summed E-state index contributed by atoms with van der Waals surface area (Å²) in [7, 11) is 0. The van der Waals surface area contributed by atoms with E-state index in [1.165, 1.54) is 0 Å². The van der Waals surface area contributed by atoms with Crippen molar-refractivity contribution in [3.63, 3.8) is 0 Å². The number of nitrogens with one attached hydrogen (secondary N) is 1. The average Bonchev–Trinajstić information content (AvgIpc) is 2.36. The molecule has 0 aliphatic carbocycles. The molecule has 0 aliphatic heterocycles. The van der Waals surface area contributed by atoms with Gasteiger partial charge in [0.15, 0.2) is 0 Å². The van der Waals surface area contributed by atoms with Crippen LogP contribution in [0.25, 0.3) is 6.08 Å². The first-order valence-electron chi connectivity index (χ1n) is 6.26. The first-order valence-corrected chi connectivity index (χ1v) is 6.26. The van der Waals surface area contributed by atoms with Crippen molar-refractivity contribution in [2.45, 2.75) is 13.8 Å². The summed E-state index contributed by atoms with van der Waals surface area (Å²) in [6.07, 6.45) is 3.35. The molecule has 2 aromatic carbocycles. The molecule has 0 aromatic heterocycles. The van der Waals surface area contributed by atoms with Gasteiger partial charge >= 0.3 is 0 Å². The van der Waals surface area contributed by atoms with Crippen LogP contribution in [0.1, 0.15) is 16.7 Å². The Bertz CT molecular complexity index is 580. The van der Waals surface area contributed by atoms with E-state index in [0.29, 0.717) is 0 Å². The van der Waals surface area contributed by atoms with Gasteiger partial charge in [0.2, 0.25) is 5.91 Å². The van der Waals surface area contributed by atoms with Crippen LogP contribution < -0.4 is 5.32 Å². The van der Waals surface area contributed by atoms with Gasteiger partial charge in [-0.05, 0) is 48.7 Å². The van der Waals surface area contributed by atoms with Gasteiger partial charge in [-0.15, -0.1) is 0 Å². The third-order valence-corrected chi connectivity index (χ3v) is 2.72. The molecule has 0 fully saturated rings. The number of carbonyl (C=O) groups is 1. The fraction of sp³-hybridized carbons (Fsp3) is 0.118. The van der Waals surface area contributed by atoms with E-state index < -0.39 is 0 Å². The summed E-state index contributed by atoms with van der Waals surface area (Å²) in [5, 5.41) is 2.87. The molecule has 0 spiro atoms. The maximum absolute atomic E-state index is 11.8. The summed E-state index contributed by atoms with van der Waals surface area (Å²) >= 11 is 0. The Hall–Kier alpha value is -2.35. The van der Waals surface area contributed by atoms with Gasteiger partial charge in [-0.2, -0.15) is 0 Å². The molecule has 0 atom stereocenters. The Morgan fingerprint density at radius 1 is 1.00 bits per heavy atom. The molecule has 0 heterocycles. The van der Waals surface area contributed by atoms with E-state index >= 15 is 0 Å². The Balaban J connectivity index is 2.03. The molecule has 0 unspecified atom stereocenters. The minimum Gasteiger partial charge on any atom is -0.322 e. The summed E-state index contributed by atoms with van der Waals surface area (Å²) in [6, 6.07) is 15.8. The molecule has 19 heavy (non-hydrogen) atoms. The van der Waals surface area contributed by atoms with Crippen LogP contribution in [0.15, 0.2) is 54.6 Å². The van der Waals surface area contributed by atoms with Gasteiger partial charge < -0.3 is 5.32 Å². The maximum Gasteiger partial charge on any atom is 0.248 e. The monoisotopic (exact) mass is 251 g/mol. The zero-order valence-corrected chi connectivity index (χ0v) is 11.2. The zero-order chi connectivity index (χ0) is 13.7. The molecule has 96 valence electrons. The SMILES string of the molecule is Cc1cc(C)cc(NC(=O)C=Cc2ccccc2)c1. The molecule has 2 nitrogen and oxygen atoms in total. The van der Waals surface area contributed by atoms with Gasteiger partial charge in [-0.1, -0.05) is 36.4 Å². The van der Waals surface area contributed by atoms with Crippen molar-refractivity contribution in [1.29, 1.82) is 0 Å². The highest BCUT2D eigenvalue weighted by Crippen LogP contribution is 2.13. The standard InChI is InChI=1S/C17H17NO/c1-13-10-14(2)12-16(11-13)18-17(19)9-8-15-6-4-3-5-7-15/h3-12H,1-2H3,(H,18,19). The molecule has 2 aromatic rings. The zero-order valence-electron chi connectivity index (χ0n) is 11.2. The van der Waals surface area contributed by atoms with Crippen molar-refractivity contribution < 1.29 is 4.79 Å². The lowest BCUT2D eigenvalue weighted by Gasteiger charge is -2.05. The largest absolute Gasteiger partial charge is 0.322 e. The number of hydrogen-bond acceptors (Lipinski definition) is 1. The van der Waals surface area contributed by atoms with Gasteiger partial charge in [0.1, 0.15) is 0 Å². The first kappa shape index (κ1) is 13.1. The highest BCUT2D eigenvalue weighted by atomic mass is 16.1. The van der Waals surface area contributed by atoms with Crippen molar-refractivity contribution in [2.75, 3.05) is 5.32 Å². The first-order chi connectivity index (χ1) is 9.13. The number of benzene rings is 2. The van der Waals surface area contributed by atoms with Crippen molar-refractivity contribution in [1.82, 2.24) is 0 Å². The third-order valence-electron chi connectivity index (χ3n) is 2.72. The highest BCUT2D eigenvalue weighted by molar-refractivity contribution is 6.02. The number of carbonyl (C=O) groups excluding carboxylic acids is 1. The van der Waals surface area contributed by atoms with Gasteiger partial charge in [0.05, 0.1) is 0 Å². The molecule has 0 bridgehead atoms. The Morgan fingerprint density at radius 3 is 2.26 bits per heavy atom. The van der Waals surface area contributed by atoms with Crippen molar-refractivity contribution in [3.8, 4) is 0 Å². The topological polar surface area (TPSA) is 29.1 Å². The molecule has 0 radical (unpaired) electrons. The van der Waals surface area contributed by atoms with E-state index in [4.69, 9.17) is 0 Å². The number of aryl methyl sites for hydroxylation is 2. The molecule has 2 heteroatoms. The molecule has 1 amide bonds. The lowest BCUT2D eigenvalue weighted by atomic mass is 10.1. The van der Waals surface area contributed by atoms with Gasteiger partial charge in [-0.3, -0.25) is 4.79 Å². The summed E-state index contributed by atoms with van der Waals surface area (Å²) < 4.78 is 0. The summed E-state index contributed by atoms with van der Waals surface area (Å²) in [5.41, 5.74) is 4.13. The summed E-state index contributed by atoms with van der Waals surface area (Å²) in [6.45, 7) is 4.03. The predicted molar refractivity (Wildman–Crippen MR) is 80.0 cm³/mol. The minimum atomic E-state index is -0.117. The number of hydrogen-bond donors (Lipinski definition) is 1. The lowest BCUT2D eigenvalue weighted by molar-refractivity contribution is -0.111. The Morgan fingerprint density at radius 2 is 1.63 bits per heavy atom. The van der Waals surface area contributed by atoms with Crippen LogP contribution in [0.3, 0.4) is 0 Å². The summed E-state index contributed by atoms with van der Waals surface area (Å²) in [4.78, 5) is 11.8. The van der Waals surface area contributed by atoms with E-state index in [0.717, 1.165) is 22.4 Å².